The van der Waals surface area contributed by atoms with Gasteiger partial charge in [-0.3, -0.25) is 10.0 Å². The molecule has 0 radical (unpaired) electrons. The molecule has 1 heterocycles. The summed E-state index contributed by atoms with van der Waals surface area (Å²) in [5, 5.41) is 12.5. The Morgan fingerprint density at radius 3 is 2.74 bits per heavy atom. The van der Waals surface area contributed by atoms with Crippen molar-refractivity contribution in [3.63, 3.8) is 0 Å². The number of rotatable bonds is 3. The standard InChI is InChI=1S/C15H11Cl2N3O3/c1-7-8(14(21)20-22)3-2-4-11(7)18-15-19-12-5-9(16)10(17)6-13(12)23-15/h2-6,22H,1H3,(H,18,19)(H,20,21). The molecule has 0 unspecified atom stereocenters. The van der Waals surface area contributed by atoms with Gasteiger partial charge >= 0.3 is 0 Å². The third-order valence-electron chi connectivity index (χ3n) is 3.35. The Balaban J connectivity index is 1.98. The van der Waals surface area contributed by atoms with Crippen LogP contribution in [-0.4, -0.2) is 16.1 Å². The maximum Gasteiger partial charge on any atom is 0.300 e. The minimum absolute atomic E-state index is 0.239. The Hall–Kier alpha value is -2.28. The fourth-order valence-electron chi connectivity index (χ4n) is 2.17. The van der Waals surface area contributed by atoms with E-state index in [1.807, 2.05) is 0 Å². The van der Waals surface area contributed by atoms with Crippen LogP contribution >= 0.6 is 23.2 Å². The lowest BCUT2D eigenvalue weighted by molar-refractivity contribution is 0.0705. The fraction of sp³-hybridized carbons (Fsp3) is 0.0667. The van der Waals surface area contributed by atoms with E-state index in [2.05, 4.69) is 10.3 Å². The van der Waals surface area contributed by atoms with Crippen molar-refractivity contribution in [3.05, 3.63) is 51.5 Å². The number of anilines is 2. The van der Waals surface area contributed by atoms with Crippen molar-refractivity contribution in [1.29, 1.82) is 0 Å². The highest BCUT2D eigenvalue weighted by atomic mass is 35.5. The number of carbonyl (C=O) groups excluding carboxylic acids is 1. The molecule has 2 aromatic carbocycles. The van der Waals surface area contributed by atoms with E-state index in [0.717, 1.165) is 0 Å². The fourth-order valence-corrected chi connectivity index (χ4v) is 2.48. The molecule has 8 heteroatoms. The molecular weight excluding hydrogens is 341 g/mol. The van der Waals surface area contributed by atoms with E-state index in [-0.39, 0.29) is 6.01 Å². The predicted molar refractivity (Wildman–Crippen MR) is 87.7 cm³/mol. The minimum Gasteiger partial charge on any atom is -0.423 e. The Kier molecular flexibility index (Phi) is 4.12. The van der Waals surface area contributed by atoms with E-state index in [4.69, 9.17) is 32.8 Å². The van der Waals surface area contributed by atoms with E-state index in [0.29, 0.717) is 38.0 Å². The van der Waals surface area contributed by atoms with Gasteiger partial charge in [0, 0.05) is 17.3 Å². The largest absolute Gasteiger partial charge is 0.423 e. The highest BCUT2D eigenvalue weighted by Crippen LogP contribution is 2.31. The number of aromatic nitrogens is 1. The van der Waals surface area contributed by atoms with Crippen LogP contribution in [-0.2, 0) is 0 Å². The number of benzene rings is 2. The molecule has 1 aromatic heterocycles. The average Bonchev–Trinajstić information content (AvgIpc) is 2.90. The molecule has 6 nitrogen and oxygen atoms in total. The zero-order chi connectivity index (χ0) is 16.6. The monoisotopic (exact) mass is 351 g/mol. The van der Waals surface area contributed by atoms with E-state index in [1.54, 1.807) is 42.7 Å². The lowest BCUT2D eigenvalue weighted by atomic mass is 10.1. The van der Waals surface area contributed by atoms with E-state index in [9.17, 15) is 4.79 Å². The molecule has 0 aliphatic carbocycles. The highest BCUT2D eigenvalue weighted by molar-refractivity contribution is 6.42. The Morgan fingerprint density at radius 1 is 1.26 bits per heavy atom. The van der Waals surface area contributed by atoms with Gasteiger partial charge in [0.25, 0.3) is 11.9 Å². The molecule has 0 saturated heterocycles. The van der Waals surface area contributed by atoms with Crippen LogP contribution in [0, 0.1) is 6.92 Å². The first-order valence-electron chi connectivity index (χ1n) is 6.56. The first kappa shape index (κ1) is 15.6. The molecule has 0 saturated carbocycles. The summed E-state index contributed by atoms with van der Waals surface area (Å²) < 4.78 is 5.57. The molecule has 0 atom stereocenters. The van der Waals surface area contributed by atoms with Gasteiger partial charge < -0.3 is 9.73 Å². The number of hydrogen-bond acceptors (Lipinski definition) is 5. The van der Waals surface area contributed by atoms with Gasteiger partial charge in [-0.2, -0.15) is 4.98 Å². The molecule has 1 amide bonds. The quantitative estimate of drug-likeness (QED) is 0.483. The van der Waals surface area contributed by atoms with Crippen molar-refractivity contribution in [2.24, 2.45) is 0 Å². The van der Waals surface area contributed by atoms with E-state index >= 15 is 0 Å². The van der Waals surface area contributed by atoms with Gasteiger partial charge in [-0.25, -0.2) is 5.48 Å². The zero-order valence-electron chi connectivity index (χ0n) is 11.9. The summed E-state index contributed by atoms with van der Waals surface area (Å²) in [7, 11) is 0. The van der Waals surface area contributed by atoms with Crippen molar-refractivity contribution >= 4 is 51.9 Å². The molecule has 3 aromatic rings. The third kappa shape index (κ3) is 2.96. The Morgan fingerprint density at radius 2 is 2.00 bits per heavy atom. The van der Waals surface area contributed by atoms with Crippen LogP contribution in [0.15, 0.2) is 34.7 Å². The van der Waals surface area contributed by atoms with Crippen LogP contribution in [0.4, 0.5) is 11.7 Å². The summed E-state index contributed by atoms with van der Waals surface area (Å²) >= 11 is 11.9. The predicted octanol–water partition coefficient (Wildman–Crippen LogP) is 4.31. The van der Waals surface area contributed by atoms with Crippen molar-refractivity contribution in [2.75, 3.05) is 5.32 Å². The van der Waals surface area contributed by atoms with Gasteiger partial charge in [0.05, 0.1) is 10.0 Å². The van der Waals surface area contributed by atoms with Gasteiger partial charge in [-0.15, -0.1) is 0 Å². The number of hydroxylamine groups is 1. The zero-order valence-corrected chi connectivity index (χ0v) is 13.4. The molecule has 23 heavy (non-hydrogen) atoms. The molecule has 0 aliphatic heterocycles. The van der Waals surface area contributed by atoms with Crippen molar-refractivity contribution in [2.45, 2.75) is 6.92 Å². The normalized spacial score (nSPS) is 10.8. The van der Waals surface area contributed by atoms with Crippen LogP contribution in [0.25, 0.3) is 11.1 Å². The minimum atomic E-state index is -0.595. The number of nitrogens with zero attached hydrogens (tertiary/aromatic N) is 1. The van der Waals surface area contributed by atoms with Gasteiger partial charge in [0.1, 0.15) is 5.52 Å². The van der Waals surface area contributed by atoms with Gasteiger partial charge in [-0.1, -0.05) is 29.3 Å². The number of fused-ring (bicyclic) bond motifs is 1. The first-order valence-corrected chi connectivity index (χ1v) is 7.32. The van der Waals surface area contributed by atoms with Gasteiger partial charge in [0.15, 0.2) is 5.58 Å². The first-order chi connectivity index (χ1) is 11.0. The number of oxazole rings is 1. The van der Waals surface area contributed by atoms with Crippen LogP contribution in [0.2, 0.25) is 10.0 Å². The molecule has 3 N–H and O–H groups in total. The maximum absolute atomic E-state index is 11.6. The van der Waals surface area contributed by atoms with Crippen molar-refractivity contribution < 1.29 is 14.4 Å². The second-order valence-corrected chi connectivity index (χ2v) is 5.61. The van der Waals surface area contributed by atoms with Crippen LogP contribution in [0.1, 0.15) is 15.9 Å². The summed E-state index contributed by atoms with van der Waals surface area (Å²) in [5.41, 5.74) is 4.25. The number of carbonyl (C=O) groups is 1. The van der Waals surface area contributed by atoms with E-state index in [1.165, 1.54) is 0 Å². The number of nitrogens with one attached hydrogen (secondary N) is 2. The van der Waals surface area contributed by atoms with Crippen LogP contribution in [0.5, 0.6) is 0 Å². The summed E-state index contributed by atoms with van der Waals surface area (Å²) in [4.78, 5) is 15.9. The van der Waals surface area contributed by atoms with E-state index < -0.39 is 5.91 Å². The summed E-state index contributed by atoms with van der Waals surface area (Å²) in [6.45, 7) is 1.74. The molecule has 0 spiro atoms. The molecule has 0 aliphatic rings. The number of halogens is 2. The lowest BCUT2D eigenvalue weighted by Gasteiger charge is -2.09. The average molecular weight is 352 g/mol. The number of hydrogen-bond donors (Lipinski definition) is 3. The summed E-state index contributed by atoms with van der Waals surface area (Å²) in [5.74, 6) is -0.595. The maximum atomic E-state index is 11.6. The lowest BCUT2D eigenvalue weighted by Crippen LogP contribution is -2.20. The Bertz CT molecular complexity index is 869. The highest BCUT2D eigenvalue weighted by Gasteiger charge is 2.14. The Labute approximate surface area is 141 Å². The van der Waals surface area contributed by atoms with Gasteiger partial charge in [-0.05, 0) is 30.7 Å². The second-order valence-electron chi connectivity index (χ2n) is 4.80. The molecular formula is C15H11Cl2N3O3. The second kappa shape index (κ2) is 6.08. The van der Waals surface area contributed by atoms with Crippen molar-refractivity contribution in [3.8, 4) is 0 Å². The summed E-state index contributed by atoms with van der Waals surface area (Å²) in [6.07, 6.45) is 0. The topological polar surface area (TPSA) is 87.4 Å². The third-order valence-corrected chi connectivity index (χ3v) is 4.07. The molecule has 118 valence electrons. The van der Waals surface area contributed by atoms with Crippen LogP contribution in [0.3, 0.4) is 0 Å². The smallest absolute Gasteiger partial charge is 0.300 e. The molecule has 3 rings (SSSR count). The van der Waals surface area contributed by atoms with Gasteiger partial charge in [0.2, 0.25) is 0 Å². The van der Waals surface area contributed by atoms with Crippen molar-refractivity contribution in [1.82, 2.24) is 10.5 Å². The molecule has 0 fully saturated rings. The number of amides is 1. The summed E-state index contributed by atoms with van der Waals surface area (Å²) in [6, 6.07) is 8.46. The van der Waals surface area contributed by atoms with Crippen LogP contribution < -0.4 is 10.8 Å². The SMILES string of the molecule is Cc1c(Nc2nc3cc(Cl)c(Cl)cc3o2)cccc1C(=O)NO. The molecule has 0 bridgehead atoms.